The number of fused-ring (bicyclic) bond motifs is 1. The van der Waals surface area contributed by atoms with Crippen LogP contribution in [-0.4, -0.2) is 9.55 Å². The average molecular weight is 295 g/mol. The Morgan fingerprint density at radius 2 is 2.14 bits per heavy atom. The molecule has 0 unspecified atom stereocenters. The van der Waals surface area contributed by atoms with Crippen LogP contribution in [0.4, 0.5) is 0 Å². The maximum atomic E-state index is 5.85. The van der Waals surface area contributed by atoms with Crippen LogP contribution < -0.4 is 10.5 Å². The lowest BCUT2D eigenvalue weighted by molar-refractivity contribution is 0.306. The Labute approximate surface area is 130 Å². The van der Waals surface area contributed by atoms with Crippen molar-refractivity contribution in [2.45, 2.75) is 33.0 Å². The minimum Gasteiger partial charge on any atom is -0.487 e. The van der Waals surface area contributed by atoms with Crippen molar-refractivity contribution < 1.29 is 4.74 Å². The van der Waals surface area contributed by atoms with Gasteiger partial charge in [-0.15, -0.1) is 0 Å². The largest absolute Gasteiger partial charge is 0.487 e. The Hall–Kier alpha value is -2.33. The number of ether oxygens (including phenoxy) is 1. The van der Waals surface area contributed by atoms with Crippen LogP contribution in [0, 0.1) is 0 Å². The monoisotopic (exact) mass is 295 g/mol. The van der Waals surface area contributed by atoms with Crippen molar-refractivity contribution in [1.29, 1.82) is 0 Å². The van der Waals surface area contributed by atoms with Crippen LogP contribution in [0.25, 0.3) is 10.9 Å². The molecule has 0 saturated carbocycles. The van der Waals surface area contributed by atoms with Crippen LogP contribution in [0.15, 0.2) is 48.9 Å². The first-order chi connectivity index (χ1) is 10.7. The van der Waals surface area contributed by atoms with Gasteiger partial charge in [-0.2, -0.15) is 0 Å². The molecule has 0 aliphatic carbocycles. The topological polar surface area (TPSA) is 53.1 Å². The highest BCUT2D eigenvalue weighted by Gasteiger charge is 2.11. The van der Waals surface area contributed by atoms with E-state index in [1.54, 1.807) is 12.4 Å². The summed E-state index contributed by atoms with van der Waals surface area (Å²) in [6.45, 7) is 5.45. The van der Waals surface area contributed by atoms with Crippen LogP contribution in [0.2, 0.25) is 0 Å². The molecule has 4 nitrogen and oxygen atoms in total. The molecule has 0 aliphatic rings. The summed E-state index contributed by atoms with van der Waals surface area (Å²) in [6, 6.07) is 10.6. The molecule has 4 heteroatoms. The first kappa shape index (κ1) is 14.6. The van der Waals surface area contributed by atoms with Gasteiger partial charge >= 0.3 is 0 Å². The van der Waals surface area contributed by atoms with E-state index in [1.165, 1.54) is 16.5 Å². The predicted octanol–water partition coefficient (Wildman–Crippen LogP) is 3.65. The summed E-state index contributed by atoms with van der Waals surface area (Å²) in [6.07, 6.45) is 5.64. The van der Waals surface area contributed by atoms with E-state index in [9.17, 15) is 0 Å². The van der Waals surface area contributed by atoms with Crippen LogP contribution in [-0.2, 0) is 13.2 Å². The molecule has 0 spiro atoms. The predicted molar refractivity (Wildman–Crippen MR) is 88.8 cm³/mol. The summed E-state index contributed by atoms with van der Waals surface area (Å²) in [7, 11) is 0. The highest BCUT2D eigenvalue weighted by Crippen LogP contribution is 2.27. The first-order valence-electron chi connectivity index (χ1n) is 7.54. The fourth-order valence-corrected chi connectivity index (χ4v) is 2.63. The Kier molecular flexibility index (Phi) is 4.11. The van der Waals surface area contributed by atoms with Crippen molar-refractivity contribution in [1.82, 2.24) is 9.55 Å². The lowest BCUT2D eigenvalue weighted by Gasteiger charge is -2.09. The molecular formula is C18H21N3O. The second-order valence-electron chi connectivity index (χ2n) is 5.69. The number of nitrogens with zero attached hydrogens (tertiary/aromatic N) is 2. The van der Waals surface area contributed by atoms with Crippen LogP contribution >= 0.6 is 0 Å². The molecule has 0 saturated heterocycles. The van der Waals surface area contributed by atoms with Gasteiger partial charge in [0.05, 0.1) is 6.20 Å². The van der Waals surface area contributed by atoms with E-state index in [-0.39, 0.29) is 0 Å². The van der Waals surface area contributed by atoms with Crippen LogP contribution in [0.3, 0.4) is 0 Å². The minimum absolute atomic E-state index is 0.391. The highest BCUT2D eigenvalue weighted by atomic mass is 16.5. The Morgan fingerprint density at radius 1 is 1.27 bits per heavy atom. The number of hydrogen-bond acceptors (Lipinski definition) is 3. The Morgan fingerprint density at radius 3 is 2.82 bits per heavy atom. The summed E-state index contributed by atoms with van der Waals surface area (Å²) < 4.78 is 8.12. The second-order valence-corrected chi connectivity index (χ2v) is 5.69. The van der Waals surface area contributed by atoms with Crippen molar-refractivity contribution in [3.05, 3.63) is 60.0 Å². The molecule has 1 aromatic carbocycles. The van der Waals surface area contributed by atoms with E-state index >= 15 is 0 Å². The molecule has 0 radical (unpaired) electrons. The third-order valence-corrected chi connectivity index (χ3v) is 3.80. The smallest absolute Gasteiger partial charge is 0.138 e. The maximum Gasteiger partial charge on any atom is 0.138 e. The second kappa shape index (κ2) is 6.20. The van der Waals surface area contributed by atoms with Crippen LogP contribution in [0.5, 0.6) is 5.75 Å². The van der Waals surface area contributed by atoms with Crippen molar-refractivity contribution in [2.24, 2.45) is 5.73 Å². The van der Waals surface area contributed by atoms with Gasteiger partial charge in [0, 0.05) is 41.4 Å². The Balaban J connectivity index is 1.95. The van der Waals surface area contributed by atoms with Crippen molar-refractivity contribution in [3.63, 3.8) is 0 Å². The van der Waals surface area contributed by atoms with Gasteiger partial charge in [0.15, 0.2) is 0 Å². The summed E-state index contributed by atoms with van der Waals surface area (Å²) in [5.74, 6) is 0.784. The van der Waals surface area contributed by atoms with Gasteiger partial charge in [0.1, 0.15) is 12.4 Å². The highest BCUT2D eigenvalue weighted by molar-refractivity contribution is 5.84. The third-order valence-electron chi connectivity index (χ3n) is 3.80. The van der Waals surface area contributed by atoms with Gasteiger partial charge in [-0.1, -0.05) is 12.1 Å². The minimum atomic E-state index is 0.391. The van der Waals surface area contributed by atoms with E-state index in [0.717, 1.165) is 11.3 Å². The lowest BCUT2D eigenvalue weighted by atomic mass is 10.1. The third kappa shape index (κ3) is 2.83. The molecular weight excluding hydrogens is 274 g/mol. The zero-order valence-corrected chi connectivity index (χ0v) is 13.0. The number of aromatic nitrogens is 2. The molecule has 0 aliphatic heterocycles. The molecule has 2 heterocycles. The molecule has 0 bridgehead atoms. The van der Waals surface area contributed by atoms with E-state index in [0.29, 0.717) is 19.2 Å². The fourth-order valence-electron chi connectivity index (χ4n) is 2.63. The zero-order valence-electron chi connectivity index (χ0n) is 13.0. The van der Waals surface area contributed by atoms with E-state index in [4.69, 9.17) is 10.5 Å². The average Bonchev–Trinajstić information content (AvgIpc) is 2.92. The molecule has 3 rings (SSSR count). The lowest BCUT2D eigenvalue weighted by Crippen LogP contribution is -2.00. The number of pyridine rings is 1. The van der Waals surface area contributed by atoms with Gasteiger partial charge in [0.25, 0.3) is 0 Å². The molecule has 3 aromatic rings. The molecule has 2 aromatic heterocycles. The Bertz CT molecular complexity index is 763. The number of hydrogen-bond donors (Lipinski definition) is 1. The normalized spacial score (nSPS) is 11.3. The zero-order chi connectivity index (χ0) is 15.5. The molecule has 114 valence electrons. The van der Waals surface area contributed by atoms with Gasteiger partial charge in [-0.05, 0) is 37.6 Å². The van der Waals surface area contributed by atoms with Gasteiger partial charge < -0.3 is 15.0 Å². The first-order valence-corrected chi connectivity index (χ1v) is 7.54. The van der Waals surface area contributed by atoms with Gasteiger partial charge in [-0.3, -0.25) is 4.98 Å². The summed E-state index contributed by atoms with van der Waals surface area (Å²) in [5, 5.41) is 1.22. The summed E-state index contributed by atoms with van der Waals surface area (Å²) >= 11 is 0. The fraction of sp³-hybridized carbons (Fsp3) is 0.278. The van der Waals surface area contributed by atoms with E-state index < -0.39 is 0 Å². The van der Waals surface area contributed by atoms with E-state index in [2.05, 4.69) is 47.8 Å². The van der Waals surface area contributed by atoms with Gasteiger partial charge in [0.2, 0.25) is 0 Å². The number of benzene rings is 1. The summed E-state index contributed by atoms with van der Waals surface area (Å²) in [4.78, 5) is 4.07. The number of rotatable bonds is 5. The quantitative estimate of drug-likeness (QED) is 0.781. The maximum absolute atomic E-state index is 5.85. The number of nitrogens with two attached hydrogens (primary N) is 1. The van der Waals surface area contributed by atoms with Crippen molar-refractivity contribution in [2.75, 3.05) is 0 Å². The standard InChI is InChI=1S/C18H21N3O/c1-13(2)21-11-15(12-22-16-4-3-7-20-10-16)17-6-5-14(9-19)8-18(17)21/h3-8,10-11,13H,9,12,19H2,1-2H3. The summed E-state index contributed by atoms with van der Waals surface area (Å²) in [5.41, 5.74) is 9.30. The molecule has 0 amide bonds. The van der Waals surface area contributed by atoms with E-state index in [1.807, 2.05) is 12.1 Å². The molecule has 0 atom stereocenters. The van der Waals surface area contributed by atoms with Gasteiger partial charge in [-0.25, -0.2) is 0 Å². The van der Waals surface area contributed by atoms with Crippen molar-refractivity contribution >= 4 is 10.9 Å². The van der Waals surface area contributed by atoms with Crippen molar-refractivity contribution in [3.8, 4) is 5.75 Å². The molecule has 2 N–H and O–H groups in total. The van der Waals surface area contributed by atoms with Crippen LogP contribution in [0.1, 0.15) is 31.0 Å². The SMILES string of the molecule is CC(C)n1cc(COc2cccnc2)c2ccc(CN)cc21. The molecule has 0 fully saturated rings. The molecule has 22 heavy (non-hydrogen) atoms.